The van der Waals surface area contributed by atoms with Crippen LogP contribution < -0.4 is 5.32 Å². The average Bonchev–Trinajstić information content (AvgIpc) is 3.49. The van der Waals surface area contributed by atoms with E-state index >= 15 is 0 Å². The van der Waals surface area contributed by atoms with Crippen molar-refractivity contribution in [3.05, 3.63) is 119 Å². The van der Waals surface area contributed by atoms with E-state index in [-0.39, 0.29) is 24.0 Å². The number of nitrogens with one attached hydrogen (secondary N) is 1. The molecular formula is C26H22F3N3O2. The molecule has 0 spiro atoms. The lowest BCUT2D eigenvalue weighted by Crippen LogP contribution is -2.38. The smallest absolute Gasteiger partial charge is 0.287 e. The third-order valence-electron chi connectivity index (χ3n) is 6.01. The number of furan rings is 1. The Hall–Kier alpha value is -3.78. The van der Waals surface area contributed by atoms with Crippen molar-refractivity contribution in [3.8, 4) is 0 Å². The van der Waals surface area contributed by atoms with Gasteiger partial charge in [0.25, 0.3) is 5.91 Å². The van der Waals surface area contributed by atoms with E-state index in [1.165, 1.54) is 24.3 Å². The second kappa shape index (κ2) is 9.23. The van der Waals surface area contributed by atoms with Crippen molar-refractivity contribution in [2.24, 2.45) is 0 Å². The number of carbonyl (C=O) groups excluding carboxylic acids is 1. The Kier molecular flexibility index (Phi) is 5.98. The molecule has 174 valence electrons. The maximum atomic E-state index is 14.7. The van der Waals surface area contributed by atoms with Crippen LogP contribution in [-0.2, 0) is 19.6 Å². The van der Waals surface area contributed by atoms with Crippen molar-refractivity contribution in [2.75, 3.05) is 6.54 Å². The summed E-state index contributed by atoms with van der Waals surface area (Å²) in [6, 6.07) is 16.2. The van der Waals surface area contributed by atoms with E-state index in [1.807, 2.05) is 23.2 Å². The fourth-order valence-corrected chi connectivity index (χ4v) is 4.34. The van der Waals surface area contributed by atoms with Crippen LogP contribution >= 0.6 is 0 Å². The molecular weight excluding hydrogens is 443 g/mol. The van der Waals surface area contributed by atoms with Gasteiger partial charge in [0.2, 0.25) is 0 Å². The highest BCUT2D eigenvalue weighted by Crippen LogP contribution is 2.35. The van der Waals surface area contributed by atoms with Crippen LogP contribution in [0.5, 0.6) is 0 Å². The van der Waals surface area contributed by atoms with Crippen LogP contribution in [0.1, 0.15) is 39.2 Å². The molecule has 0 radical (unpaired) electrons. The van der Waals surface area contributed by atoms with Gasteiger partial charge in [-0.3, -0.25) is 9.69 Å². The summed E-state index contributed by atoms with van der Waals surface area (Å²) in [6.45, 7) is 1.92. The first-order valence-electron chi connectivity index (χ1n) is 10.9. The first kappa shape index (κ1) is 22.0. The van der Waals surface area contributed by atoms with Gasteiger partial charge in [0.15, 0.2) is 5.76 Å². The normalized spacial score (nSPS) is 15.8. The van der Waals surface area contributed by atoms with Gasteiger partial charge in [-0.15, -0.1) is 0 Å². The molecule has 0 fully saturated rings. The fraction of sp³-hybridized carbons (Fsp3) is 0.192. The molecule has 0 saturated heterocycles. The molecule has 1 atom stereocenters. The minimum absolute atomic E-state index is 0.155. The van der Waals surface area contributed by atoms with Gasteiger partial charge in [-0.1, -0.05) is 18.2 Å². The number of amides is 1. The Bertz CT molecular complexity index is 1310. The molecule has 0 aliphatic carbocycles. The van der Waals surface area contributed by atoms with E-state index in [9.17, 15) is 18.0 Å². The maximum absolute atomic E-state index is 14.7. The van der Waals surface area contributed by atoms with Gasteiger partial charge in [0, 0.05) is 43.2 Å². The van der Waals surface area contributed by atoms with Crippen molar-refractivity contribution < 1.29 is 22.4 Å². The Morgan fingerprint density at radius 1 is 0.971 bits per heavy atom. The van der Waals surface area contributed by atoms with Crippen molar-refractivity contribution >= 4 is 5.91 Å². The van der Waals surface area contributed by atoms with Gasteiger partial charge in [-0.2, -0.15) is 0 Å². The number of aromatic nitrogens is 1. The topological polar surface area (TPSA) is 50.4 Å². The monoisotopic (exact) mass is 465 g/mol. The van der Waals surface area contributed by atoms with Gasteiger partial charge in [-0.05, 0) is 48.0 Å². The van der Waals surface area contributed by atoms with Gasteiger partial charge in [-0.25, -0.2) is 13.2 Å². The summed E-state index contributed by atoms with van der Waals surface area (Å²) in [5.74, 6) is -1.24. The van der Waals surface area contributed by atoms with Gasteiger partial charge >= 0.3 is 0 Å². The van der Waals surface area contributed by atoms with Gasteiger partial charge in [0.05, 0.1) is 12.6 Å². The first-order valence-corrected chi connectivity index (χ1v) is 10.9. The van der Waals surface area contributed by atoms with E-state index in [2.05, 4.69) is 9.88 Å². The lowest BCUT2D eigenvalue weighted by molar-refractivity contribution is 0.0916. The van der Waals surface area contributed by atoms with Crippen LogP contribution in [0.15, 0.2) is 77.3 Å². The van der Waals surface area contributed by atoms with Gasteiger partial charge < -0.3 is 14.3 Å². The third-order valence-corrected chi connectivity index (χ3v) is 6.01. The molecule has 2 aromatic carbocycles. The zero-order chi connectivity index (χ0) is 23.7. The number of rotatable bonds is 6. The molecule has 34 heavy (non-hydrogen) atoms. The number of halogens is 3. The summed E-state index contributed by atoms with van der Waals surface area (Å²) >= 11 is 0. The van der Waals surface area contributed by atoms with E-state index in [1.54, 1.807) is 24.3 Å². The Morgan fingerprint density at radius 2 is 1.76 bits per heavy atom. The summed E-state index contributed by atoms with van der Waals surface area (Å²) in [7, 11) is 0. The molecule has 5 rings (SSSR count). The molecule has 1 N–H and O–H groups in total. The summed E-state index contributed by atoms with van der Waals surface area (Å²) in [6.07, 6.45) is 1.94. The van der Waals surface area contributed by atoms with Crippen LogP contribution in [0.4, 0.5) is 13.2 Å². The molecule has 5 nitrogen and oxygen atoms in total. The molecule has 8 heteroatoms. The molecule has 2 aromatic heterocycles. The molecule has 3 heterocycles. The Morgan fingerprint density at radius 3 is 2.56 bits per heavy atom. The largest absolute Gasteiger partial charge is 0.455 e. The highest BCUT2D eigenvalue weighted by atomic mass is 19.1. The SMILES string of the molecule is O=C(NCc1ccc(F)cc1)c1ccc(CN2CCn3cccc3C2c2ccc(F)cc2F)o1. The molecule has 1 amide bonds. The second-order valence-corrected chi connectivity index (χ2v) is 8.24. The second-order valence-electron chi connectivity index (χ2n) is 8.24. The lowest BCUT2D eigenvalue weighted by Gasteiger charge is -2.37. The summed E-state index contributed by atoms with van der Waals surface area (Å²) < 4.78 is 49.1. The summed E-state index contributed by atoms with van der Waals surface area (Å²) in [4.78, 5) is 14.5. The van der Waals surface area contributed by atoms with Gasteiger partial charge in [0.1, 0.15) is 23.2 Å². The van der Waals surface area contributed by atoms with Crippen LogP contribution in [0.3, 0.4) is 0 Å². The highest BCUT2D eigenvalue weighted by molar-refractivity contribution is 5.91. The van der Waals surface area contributed by atoms with Crippen molar-refractivity contribution in [3.63, 3.8) is 0 Å². The Balaban J connectivity index is 1.32. The highest BCUT2D eigenvalue weighted by Gasteiger charge is 2.31. The van der Waals surface area contributed by atoms with Crippen LogP contribution in [0.25, 0.3) is 0 Å². The summed E-state index contributed by atoms with van der Waals surface area (Å²) in [5, 5.41) is 2.75. The minimum Gasteiger partial charge on any atom is -0.455 e. The number of carbonyl (C=O) groups is 1. The van der Waals surface area contributed by atoms with E-state index < -0.39 is 17.7 Å². The van der Waals surface area contributed by atoms with Crippen LogP contribution in [0.2, 0.25) is 0 Å². The first-order chi connectivity index (χ1) is 16.5. The molecule has 1 aliphatic heterocycles. The number of hydrogen-bond acceptors (Lipinski definition) is 3. The average molecular weight is 465 g/mol. The fourth-order valence-electron chi connectivity index (χ4n) is 4.34. The predicted molar refractivity (Wildman–Crippen MR) is 119 cm³/mol. The minimum atomic E-state index is -0.624. The Labute approximate surface area is 194 Å². The van der Waals surface area contributed by atoms with E-state index in [4.69, 9.17) is 4.42 Å². The summed E-state index contributed by atoms with van der Waals surface area (Å²) in [5.41, 5.74) is 2.05. The maximum Gasteiger partial charge on any atom is 0.287 e. The van der Waals surface area contributed by atoms with Crippen molar-refractivity contribution in [2.45, 2.75) is 25.7 Å². The van der Waals surface area contributed by atoms with E-state index in [0.29, 0.717) is 31.0 Å². The van der Waals surface area contributed by atoms with Crippen LogP contribution in [0, 0.1) is 17.5 Å². The van der Waals surface area contributed by atoms with E-state index in [0.717, 1.165) is 17.3 Å². The third kappa shape index (κ3) is 4.49. The number of hydrogen-bond donors (Lipinski definition) is 1. The van der Waals surface area contributed by atoms with Crippen LogP contribution in [-0.4, -0.2) is 21.9 Å². The quantitative estimate of drug-likeness (QED) is 0.434. The van der Waals surface area contributed by atoms with Crippen molar-refractivity contribution in [1.82, 2.24) is 14.8 Å². The van der Waals surface area contributed by atoms with Crippen molar-refractivity contribution in [1.29, 1.82) is 0 Å². The number of fused-ring (bicyclic) bond motifs is 1. The number of nitrogens with zero attached hydrogens (tertiary/aromatic N) is 2. The zero-order valence-electron chi connectivity index (χ0n) is 18.2. The molecule has 1 unspecified atom stereocenters. The molecule has 1 aliphatic rings. The zero-order valence-corrected chi connectivity index (χ0v) is 18.2. The lowest BCUT2D eigenvalue weighted by atomic mass is 9.99. The number of benzene rings is 2. The molecule has 0 saturated carbocycles. The molecule has 4 aromatic rings. The predicted octanol–water partition coefficient (Wildman–Crippen LogP) is 5.03. The standard InChI is InChI=1S/C26H22F3N3O2/c27-18-5-3-17(4-6-18)15-30-26(33)24-10-8-20(34-24)16-32-13-12-31-11-1-2-23(31)25(32)21-9-7-19(28)14-22(21)29/h1-11,14,25H,12-13,15-16H2,(H,30,33). The molecule has 0 bridgehead atoms.